The van der Waals surface area contributed by atoms with Crippen molar-refractivity contribution in [3.8, 4) is 0 Å². The third-order valence-corrected chi connectivity index (χ3v) is 2.63. The number of nitrogens with zero attached hydrogens (tertiary/aromatic N) is 1. The second-order valence-electron chi connectivity index (χ2n) is 5.06. The zero-order chi connectivity index (χ0) is 10.4. The number of hydrogen-bond donors (Lipinski definition) is 0. The van der Waals surface area contributed by atoms with Crippen molar-refractivity contribution in [3.63, 3.8) is 0 Å². The average molecular weight is 195 g/mol. The number of rotatable bonds is 0. The molecule has 0 aromatic rings. The number of carbonyl (C=O) groups excluding carboxylic acids is 1. The fourth-order valence-corrected chi connectivity index (χ4v) is 1.88. The van der Waals surface area contributed by atoms with E-state index < -0.39 is 5.60 Å². The first-order chi connectivity index (χ1) is 6.43. The number of amides is 1. The lowest BCUT2D eigenvalue weighted by atomic mass is 10.1. The third kappa shape index (κ3) is 1.63. The highest BCUT2D eigenvalue weighted by Gasteiger charge is 2.47. The first kappa shape index (κ1) is 9.56. The molecule has 0 saturated carbocycles. The Morgan fingerprint density at radius 1 is 1.43 bits per heavy atom. The van der Waals surface area contributed by atoms with Crippen LogP contribution in [0.4, 0.5) is 4.79 Å². The molecule has 78 valence electrons. The van der Waals surface area contributed by atoms with Crippen LogP contribution in [-0.4, -0.2) is 28.7 Å². The van der Waals surface area contributed by atoms with E-state index in [-0.39, 0.29) is 11.6 Å². The van der Waals surface area contributed by atoms with Crippen molar-refractivity contribution < 1.29 is 9.53 Å². The van der Waals surface area contributed by atoms with Crippen molar-refractivity contribution in [2.75, 3.05) is 6.54 Å². The molecule has 3 nitrogen and oxygen atoms in total. The summed E-state index contributed by atoms with van der Waals surface area (Å²) >= 11 is 0. The van der Waals surface area contributed by atoms with E-state index in [4.69, 9.17) is 4.74 Å². The Morgan fingerprint density at radius 2 is 2.07 bits per heavy atom. The minimum atomic E-state index is -0.393. The lowest BCUT2D eigenvalue weighted by Gasteiger charge is -2.28. The molecule has 1 amide bonds. The molecular weight excluding hydrogens is 178 g/mol. The number of ether oxygens (including phenoxy) is 1. The van der Waals surface area contributed by atoms with Crippen molar-refractivity contribution in [3.05, 3.63) is 12.2 Å². The molecule has 0 atom stereocenters. The predicted molar refractivity (Wildman–Crippen MR) is 54.0 cm³/mol. The van der Waals surface area contributed by atoms with Crippen molar-refractivity contribution in [1.82, 2.24) is 4.90 Å². The molecule has 3 heteroatoms. The van der Waals surface area contributed by atoms with Gasteiger partial charge in [0, 0.05) is 6.54 Å². The molecule has 0 bridgehead atoms. The first-order valence-corrected chi connectivity index (χ1v) is 5.14. The van der Waals surface area contributed by atoms with Gasteiger partial charge in [0.25, 0.3) is 0 Å². The van der Waals surface area contributed by atoms with Crippen LogP contribution >= 0.6 is 0 Å². The van der Waals surface area contributed by atoms with E-state index in [1.807, 2.05) is 25.7 Å². The largest absolute Gasteiger partial charge is 0.444 e. The standard InChI is InChI=1S/C11H17NO2/c1-10(2,3)14-9(13)12-8-4-5-11(12)6-7-11/h6-7H,4-5,8H2,1-3H3. The molecule has 0 aromatic carbocycles. The molecule has 2 rings (SSSR count). The molecule has 1 spiro atoms. The molecule has 2 aliphatic rings. The Hall–Kier alpha value is -0.990. The van der Waals surface area contributed by atoms with Crippen LogP contribution in [0, 0.1) is 0 Å². The van der Waals surface area contributed by atoms with Gasteiger partial charge in [0.1, 0.15) is 5.60 Å². The van der Waals surface area contributed by atoms with Gasteiger partial charge in [-0.05, 0) is 33.6 Å². The fraction of sp³-hybridized carbons (Fsp3) is 0.727. The van der Waals surface area contributed by atoms with Crippen LogP contribution in [0.25, 0.3) is 0 Å². The van der Waals surface area contributed by atoms with Crippen LogP contribution in [0.5, 0.6) is 0 Å². The summed E-state index contributed by atoms with van der Waals surface area (Å²) < 4.78 is 5.34. The zero-order valence-corrected chi connectivity index (χ0v) is 9.04. The van der Waals surface area contributed by atoms with E-state index in [0.717, 1.165) is 19.4 Å². The van der Waals surface area contributed by atoms with E-state index in [0.29, 0.717) is 0 Å². The SMILES string of the molecule is CC(C)(C)OC(=O)N1CCCC12C=C2. The molecule has 1 fully saturated rings. The quantitative estimate of drug-likeness (QED) is 0.555. The minimum Gasteiger partial charge on any atom is -0.444 e. The summed E-state index contributed by atoms with van der Waals surface area (Å²) in [5.41, 5.74) is -0.432. The van der Waals surface area contributed by atoms with Gasteiger partial charge in [0.15, 0.2) is 0 Å². The lowest BCUT2D eigenvalue weighted by Crippen LogP contribution is -2.41. The fourth-order valence-electron chi connectivity index (χ4n) is 1.88. The Balaban J connectivity index is 1.98. The van der Waals surface area contributed by atoms with Crippen LogP contribution in [0.2, 0.25) is 0 Å². The van der Waals surface area contributed by atoms with Gasteiger partial charge in [-0.3, -0.25) is 4.90 Å². The number of hydrogen-bond acceptors (Lipinski definition) is 2. The van der Waals surface area contributed by atoms with E-state index >= 15 is 0 Å². The summed E-state index contributed by atoms with van der Waals surface area (Å²) in [7, 11) is 0. The zero-order valence-electron chi connectivity index (χ0n) is 9.04. The van der Waals surface area contributed by atoms with Gasteiger partial charge < -0.3 is 4.74 Å². The predicted octanol–water partition coefficient (Wildman–Crippen LogP) is 2.33. The summed E-state index contributed by atoms with van der Waals surface area (Å²) in [6, 6.07) is 0. The maximum absolute atomic E-state index is 11.8. The number of carbonyl (C=O) groups is 1. The van der Waals surface area contributed by atoms with Gasteiger partial charge in [0.2, 0.25) is 0 Å². The Labute approximate surface area is 84.7 Å². The van der Waals surface area contributed by atoms with E-state index in [2.05, 4.69) is 12.2 Å². The van der Waals surface area contributed by atoms with Crippen molar-refractivity contribution in [2.45, 2.75) is 44.8 Å². The Morgan fingerprint density at radius 3 is 2.57 bits per heavy atom. The second-order valence-corrected chi connectivity index (χ2v) is 5.06. The molecule has 1 heterocycles. The molecule has 0 aromatic heterocycles. The molecule has 1 aliphatic heterocycles. The van der Waals surface area contributed by atoms with Gasteiger partial charge in [-0.15, -0.1) is 0 Å². The average Bonchev–Trinajstić information content (AvgIpc) is 2.58. The van der Waals surface area contributed by atoms with Crippen LogP contribution in [-0.2, 0) is 4.74 Å². The van der Waals surface area contributed by atoms with Gasteiger partial charge in [0.05, 0.1) is 5.54 Å². The molecular formula is C11H17NO2. The molecule has 0 unspecified atom stereocenters. The highest BCUT2D eigenvalue weighted by atomic mass is 16.6. The van der Waals surface area contributed by atoms with Crippen LogP contribution in [0.15, 0.2) is 12.2 Å². The van der Waals surface area contributed by atoms with Gasteiger partial charge in [-0.25, -0.2) is 4.79 Å². The van der Waals surface area contributed by atoms with Crippen molar-refractivity contribution in [2.24, 2.45) is 0 Å². The van der Waals surface area contributed by atoms with Crippen molar-refractivity contribution in [1.29, 1.82) is 0 Å². The highest BCUT2D eigenvalue weighted by Crippen LogP contribution is 2.41. The Kier molecular flexibility index (Phi) is 1.88. The van der Waals surface area contributed by atoms with E-state index in [1.165, 1.54) is 0 Å². The topological polar surface area (TPSA) is 29.5 Å². The maximum Gasteiger partial charge on any atom is 0.411 e. The van der Waals surface area contributed by atoms with Crippen LogP contribution in [0.1, 0.15) is 33.6 Å². The molecule has 0 radical (unpaired) electrons. The monoisotopic (exact) mass is 195 g/mol. The molecule has 1 saturated heterocycles. The van der Waals surface area contributed by atoms with Gasteiger partial charge in [-0.2, -0.15) is 0 Å². The van der Waals surface area contributed by atoms with Gasteiger partial charge in [-0.1, -0.05) is 12.2 Å². The molecule has 1 aliphatic carbocycles. The number of likely N-dealkylation sites (tertiary alicyclic amines) is 1. The molecule has 0 N–H and O–H groups in total. The van der Waals surface area contributed by atoms with Crippen LogP contribution in [0.3, 0.4) is 0 Å². The maximum atomic E-state index is 11.8. The summed E-state index contributed by atoms with van der Waals surface area (Å²) in [4.78, 5) is 13.6. The molecule has 14 heavy (non-hydrogen) atoms. The van der Waals surface area contributed by atoms with Crippen LogP contribution < -0.4 is 0 Å². The normalized spacial score (nSPS) is 22.9. The Bertz CT molecular complexity index is 282. The summed E-state index contributed by atoms with van der Waals surface area (Å²) in [6.45, 7) is 6.51. The van der Waals surface area contributed by atoms with Crippen molar-refractivity contribution >= 4 is 6.09 Å². The summed E-state index contributed by atoms with van der Waals surface area (Å²) in [6.07, 6.45) is 6.13. The summed E-state index contributed by atoms with van der Waals surface area (Å²) in [5.74, 6) is 0. The minimum absolute atomic E-state index is 0.0394. The smallest absolute Gasteiger partial charge is 0.411 e. The second kappa shape index (κ2) is 2.75. The lowest BCUT2D eigenvalue weighted by molar-refractivity contribution is 0.0225. The summed E-state index contributed by atoms with van der Waals surface area (Å²) in [5, 5.41) is 0. The van der Waals surface area contributed by atoms with E-state index in [1.54, 1.807) is 0 Å². The third-order valence-electron chi connectivity index (χ3n) is 2.63. The first-order valence-electron chi connectivity index (χ1n) is 5.14. The van der Waals surface area contributed by atoms with E-state index in [9.17, 15) is 4.79 Å². The highest BCUT2D eigenvalue weighted by molar-refractivity contribution is 5.72. The van der Waals surface area contributed by atoms with Gasteiger partial charge >= 0.3 is 6.09 Å².